The Morgan fingerprint density at radius 2 is 2.00 bits per heavy atom. The van der Waals surface area contributed by atoms with E-state index in [4.69, 9.17) is 0 Å². The van der Waals surface area contributed by atoms with E-state index in [0.717, 1.165) is 12.8 Å². The van der Waals surface area contributed by atoms with Crippen LogP contribution in [0.4, 0.5) is 0 Å². The Morgan fingerprint density at radius 1 is 1.33 bits per heavy atom. The van der Waals surface area contributed by atoms with E-state index in [0.29, 0.717) is 17.6 Å². The van der Waals surface area contributed by atoms with Crippen LogP contribution in [-0.4, -0.2) is 5.78 Å². The fourth-order valence-electron chi connectivity index (χ4n) is 2.25. The van der Waals surface area contributed by atoms with Crippen LogP contribution in [0.1, 0.15) is 33.6 Å². The van der Waals surface area contributed by atoms with Crippen LogP contribution in [-0.2, 0) is 4.79 Å². The molecule has 3 atom stereocenters. The van der Waals surface area contributed by atoms with Crippen molar-refractivity contribution in [2.45, 2.75) is 33.6 Å². The molecule has 0 spiro atoms. The lowest BCUT2D eigenvalue weighted by Gasteiger charge is -2.30. The highest BCUT2D eigenvalue weighted by Gasteiger charge is 2.30. The molecule has 0 N–H and O–H groups in total. The van der Waals surface area contributed by atoms with E-state index >= 15 is 0 Å². The number of carbonyl (C=O) groups is 1. The minimum atomic E-state index is 0.287. The summed E-state index contributed by atoms with van der Waals surface area (Å²) in [6.07, 6.45) is 5.94. The molecule has 68 valence electrons. The summed E-state index contributed by atoms with van der Waals surface area (Å²) in [6, 6.07) is 0. The number of hydrogen-bond acceptors (Lipinski definition) is 1. The normalized spacial score (nSPS) is 35.6. The topological polar surface area (TPSA) is 17.1 Å². The Balaban J connectivity index is 2.80. The lowest BCUT2D eigenvalue weighted by Crippen LogP contribution is -2.29. The van der Waals surface area contributed by atoms with E-state index in [-0.39, 0.29) is 5.92 Å². The van der Waals surface area contributed by atoms with Gasteiger partial charge in [-0.2, -0.15) is 0 Å². The maximum atomic E-state index is 11.5. The Kier molecular flexibility index (Phi) is 3.07. The fourth-order valence-corrected chi connectivity index (χ4v) is 2.25. The molecule has 1 nitrogen and oxygen atoms in total. The van der Waals surface area contributed by atoms with Crippen LogP contribution in [0.15, 0.2) is 12.2 Å². The van der Waals surface area contributed by atoms with Gasteiger partial charge in [0.2, 0.25) is 0 Å². The van der Waals surface area contributed by atoms with E-state index in [1.807, 2.05) is 0 Å². The van der Waals surface area contributed by atoms with Crippen molar-refractivity contribution in [3.8, 4) is 0 Å². The molecular formula is C11H18O. The van der Waals surface area contributed by atoms with Gasteiger partial charge in [-0.3, -0.25) is 4.79 Å². The predicted octanol–water partition coefficient (Wildman–Crippen LogP) is 2.81. The molecule has 0 aromatic heterocycles. The van der Waals surface area contributed by atoms with Crippen molar-refractivity contribution in [2.24, 2.45) is 17.8 Å². The van der Waals surface area contributed by atoms with Gasteiger partial charge in [0, 0.05) is 5.92 Å². The van der Waals surface area contributed by atoms with Crippen LogP contribution in [0, 0.1) is 17.8 Å². The van der Waals surface area contributed by atoms with Crippen molar-refractivity contribution in [1.29, 1.82) is 0 Å². The molecular weight excluding hydrogens is 148 g/mol. The molecule has 1 rings (SSSR count). The maximum absolute atomic E-state index is 11.5. The van der Waals surface area contributed by atoms with E-state index in [1.165, 1.54) is 0 Å². The van der Waals surface area contributed by atoms with E-state index < -0.39 is 0 Å². The van der Waals surface area contributed by atoms with Gasteiger partial charge in [-0.05, 0) is 24.3 Å². The first-order valence-electron chi connectivity index (χ1n) is 4.92. The summed E-state index contributed by atoms with van der Waals surface area (Å²) in [7, 11) is 0. The largest absolute Gasteiger partial charge is 0.295 e. The van der Waals surface area contributed by atoms with Gasteiger partial charge in [0.1, 0.15) is 0 Å². The zero-order chi connectivity index (χ0) is 9.14. The van der Waals surface area contributed by atoms with Crippen LogP contribution in [0.2, 0.25) is 0 Å². The van der Waals surface area contributed by atoms with Gasteiger partial charge in [-0.1, -0.05) is 33.3 Å². The minimum absolute atomic E-state index is 0.287. The molecule has 0 saturated heterocycles. The highest BCUT2D eigenvalue weighted by molar-refractivity contribution is 5.92. The van der Waals surface area contributed by atoms with Gasteiger partial charge in [-0.15, -0.1) is 0 Å². The SMILES string of the molecule is CCC1C(=O)C=CC(C)C1CC. The van der Waals surface area contributed by atoms with Crippen molar-refractivity contribution in [3.63, 3.8) is 0 Å². The summed E-state index contributed by atoms with van der Waals surface area (Å²) >= 11 is 0. The third-order valence-electron chi connectivity index (χ3n) is 3.03. The van der Waals surface area contributed by atoms with Gasteiger partial charge in [0.25, 0.3) is 0 Å². The summed E-state index contributed by atoms with van der Waals surface area (Å²) in [5.41, 5.74) is 0. The van der Waals surface area contributed by atoms with E-state index in [9.17, 15) is 4.79 Å². The van der Waals surface area contributed by atoms with Gasteiger partial charge >= 0.3 is 0 Å². The smallest absolute Gasteiger partial charge is 0.158 e. The molecule has 1 aliphatic rings. The van der Waals surface area contributed by atoms with Gasteiger partial charge in [0.05, 0.1) is 0 Å². The lowest BCUT2D eigenvalue weighted by molar-refractivity contribution is -0.121. The van der Waals surface area contributed by atoms with Crippen LogP contribution < -0.4 is 0 Å². The first-order chi connectivity index (χ1) is 5.70. The zero-order valence-electron chi connectivity index (χ0n) is 8.21. The van der Waals surface area contributed by atoms with Crippen molar-refractivity contribution in [2.75, 3.05) is 0 Å². The molecule has 0 bridgehead atoms. The van der Waals surface area contributed by atoms with Crippen LogP contribution in [0.3, 0.4) is 0 Å². The lowest BCUT2D eigenvalue weighted by atomic mass is 9.73. The van der Waals surface area contributed by atoms with Crippen molar-refractivity contribution < 1.29 is 4.79 Å². The number of carbonyl (C=O) groups excluding carboxylic acids is 1. The van der Waals surface area contributed by atoms with Gasteiger partial charge in [0.15, 0.2) is 5.78 Å². The summed E-state index contributed by atoms with van der Waals surface area (Å²) in [5, 5.41) is 0. The second kappa shape index (κ2) is 3.88. The molecule has 0 heterocycles. The molecule has 0 fully saturated rings. The molecule has 0 aromatic carbocycles. The Morgan fingerprint density at radius 3 is 2.42 bits per heavy atom. The first kappa shape index (κ1) is 9.50. The molecule has 1 heteroatoms. The second-order valence-electron chi connectivity index (χ2n) is 3.71. The van der Waals surface area contributed by atoms with Gasteiger partial charge < -0.3 is 0 Å². The highest BCUT2D eigenvalue weighted by atomic mass is 16.1. The third-order valence-corrected chi connectivity index (χ3v) is 3.03. The van der Waals surface area contributed by atoms with E-state index in [1.54, 1.807) is 6.08 Å². The summed E-state index contributed by atoms with van der Waals surface area (Å²) in [4.78, 5) is 11.5. The highest BCUT2D eigenvalue weighted by Crippen LogP contribution is 2.32. The summed E-state index contributed by atoms with van der Waals surface area (Å²) in [6.45, 7) is 6.49. The number of hydrogen-bond donors (Lipinski definition) is 0. The molecule has 0 aromatic rings. The zero-order valence-corrected chi connectivity index (χ0v) is 8.21. The first-order valence-corrected chi connectivity index (χ1v) is 4.92. The third kappa shape index (κ3) is 1.60. The Hall–Kier alpha value is -0.590. The predicted molar refractivity (Wildman–Crippen MR) is 50.9 cm³/mol. The standard InChI is InChI=1S/C11H18O/c1-4-9-8(3)6-7-11(12)10(9)5-2/h6-10H,4-5H2,1-3H3. The molecule has 0 amide bonds. The van der Waals surface area contributed by atoms with Crippen LogP contribution in [0.25, 0.3) is 0 Å². The maximum Gasteiger partial charge on any atom is 0.158 e. The number of rotatable bonds is 2. The molecule has 1 aliphatic carbocycles. The molecule has 0 aliphatic heterocycles. The molecule has 12 heavy (non-hydrogen) atoms. The Bertz CT molecular complexity index is 193. The molecule has 0 saturated carbocycles. The summed E-state index contributed by atoms with van der Waals surface area (Å²) < 4.78 is 0. The monoisotopic (exact) mass is 166 g/mol. The van der Waals surface area contributed by atoms with Crippen LogP contribution in [0.5, 0.6) is 0 Å². The fraction of sp³-hybridized carbons (Fsp3) is 0.727. The quantitative estimate of drug-likeness (QED) is 0.616. The number of allylic oxidation sites excluding steroid dienone is 2. The van der Waals surface area contributed by atoms with Crippen molar-refractivity contribution in [3.05, 3.63) is 12.2 Å². The van der Waals surface area contributed by atoms with Crippen LogP contribution >= 0.6 is 0 Å². The number of ketones is 1. The van der Waals surface area contributed by atoms with Crippen molar-refractivity contribution in [1.82, 2.24) is 0 Å². The molecule has 3 unspecified atom stereocenters. The minimum Gasteiger partial charge on any atom is -0.295 e. The second-order valence-corrected chi connectivity index (χ2v) is 3.71. The summed E-state index contributed by atoms with van der Waals surface area (Å²) in [5.74, 6) is 1.78. The van der Waals surface area contributed by atoms with E-state index in [2.05, 4.69) is 26.8 Å². The molecule has 0 radical (unpaired) electrons. The Labute approximate surface area is 74.9 Å². The van der Waals surface area contributed by atoms with Crippen molar-refractivity contribution >= 4 is 5.78 Å². The average molecular weight is 166 g/mol. The van der Waals surface area contributed by atoms with Gasteiger partial charge in [-0.25, -0.2) is 0 Å². The average Bonchev–Trinajstić information content (AvgIpc) is 2.08.